The Balaban J connectivity index is 1.89. The van der Waals surface area contributed by atoms with Crippen molar-refractivity contribution in [3.05, 3.63) is 36.2 Å². The number of ether oxygens (including phenoxy) is 1. The summed E-state index contributed by atoms with van der Waals surface area (Å²) >= 11 is 0. The first-order chi connectivity index (χ1) is 11.2. The highest BCUT2D eigenvalue weighted by Crippen LogP contribution is 2.32. The zero-order valence-corrected chi connectivity index (χ0v) is 13.6. The van der Waals surface area contributed by atoms with Gasteiger partial charge in [0.1, 0.15) is 6.61 Å². The lowest BCUT2D eigenvalue weighted by Crippen LogP contribution is -2.33. The highest BCUT2D eigenvalue weighted by Gasteiger charge is 2.30. The topological polar surface area (TPSA) is 60.2 Å². The van der Waals surface area contributed by atoms with Gasteiger partial charge in [-0.2, -0.15) is 5.10 Å². The SMILES string of the molecule is CCn1nccc1-c1cccc([C@@H]2CCCN2C(=O)COC)n1. The van der Waals surface area contributed by atoms with E-state index in [-0.39, 0.29) is 18.6 Å². The Bertz CT molecular complexity index is 683. The second-order valence-corrected chi connectivity index (χ2v) is 5.66. The van der Waals surface area contributed by atoms with Gasteiger partial charge in [-0.15, -0.1) is 0 Å². The quantitative estimate of drug-likeness (QED) is 0.849. The summed E-state index contributed by atoms with van der Waals surface area (Å²) in [5, 5.41) is 4.30. The zero-order valence-electron chi connectivity index (χ0n) is 13.6. The fourth-order valence-corrected chi connectivity index (χ4v) is 3.16. The Morgan fingerprint density at radius 2 is 2.26 bits per heavy atom. The first-order valence-electron chi connectivity index (χ1n) is 8.02. The number of rotatable bonds is 5. The Morgan fingerprint density at radius 1 is 1.39 bits per heavy atom. The second kappa shape index (κ2) is 6.91. The molecule has 1 amide bonds. The maximum atomic E-state index is 12.2. The number of aryl methyl sites for hydroxylation is 1. The van der Waals surface area contributed by atoms with Crippen molar-refractivity contribution in [2.24, 2.45) is 0 Å². The molecule has 1 fully saturated rings. The minimum absolute atomic E-state index is 0.0285. The summed E-state index contributed by atoms with van der Waals surface area (Å²) in [6.45, 7) is 3.75. The summed E-state index contributed by atoms with van der Waals surface area (Å²) in [4.78, 5) is 18.9. The van der Waals surface area contributed by atoms with Crippen LogP contribution in [-0.4, -0.2) is 45.8 Å². The standard InChI is InChI=1S/C17H22N4O2/c1-3-21-16(9-10-18-21)14-7-4-6-13(19-14)15-8-5-11-20(15)17(22)12-23-2/h4,6-7,9-10,15H,3,5,8,11-12H2,1-2H3/t15-/m0/s1. The fourth-order valence-electron chi connectivity index (χ4n) is 3.16. The molecule has 2 aromatic heterocycles. The van der Waals surface area contributed by atoms with Gasteiger partial charge in [-0.05, 0) is 38.0 Å². The lowest BCUT2D eigenvalue weighted by molar-refractivity contribution is -0.136. The Hall–Kier alpha value is -2.21. The lowest BCUT2D eigenvalue weighted by atomic mass is 10.1. The van der Waals surface area contributed by atoms with Crippen LogP contribution in [0, 0.1) is 0 Å². The number of carbonyl (C=O) groups excluding carboxylic acids is 1. The molecule has 0 radical (unpaired) electrons. The van der Waals surface area contributed by atoms with Crippen molar-refractivity contribution in [1.29, 1.82) is 0 Å². The third-order valence-corrected chi connectivity index (χ3v) is 4.23. The molecular formula is C17H22N4O2. The van der Waals surface area contributed by atoms with Crippen LogP contribution in [0.5, 0.6) is 0 Å². The molecule has 3 rings (SSSR count). The van der Waals surface area contributed by atoms with Gasteiger partial charge in [0.25, 0.3) is 0 Å². The number of hydrogen-bond donors (Lipinski definition) is 0. The van der Waals surface area contributed by atoms with E-state index < -0.39 is 0 Å². The molecule has 1 aliphatic rings. The van der Waals surface area contributed by atoms with E-state index >= 15 is 0 Å². The molecule has 1 aliphatic heterocycles. The summed E-state index contributed by atoms with van der Waals surface area (Å²) in [5.41, 5.74) is 2.84. The van der Waals surface area contributed by atoms with E-state index in [1.54, 1.807) is 13.3 Å². The van der Waals surface area contributed by atoms with Crippen LogP contribution in [0.2, 0.25) is 0 Å². The monoisotopic (exact) mass is 314 g/mol. The van der Waals surface area contributed by atoms with Crippen LogP contribution < -0.4 is 0 Å². The van der Waals surface area contributed by atoms with Crippen LogP contribution in [-0.2, 0) is 16.1 Å². The van der Waals surface area contributed by atoms with E-state index in [1.807, 2.05) is 33.8 Å². The zero-order chi connectivity index (χ0) is 16.2. The predicted molar refractivity (Wildman–Crippen MR) is 86.7 cm³/mol. The Morgan fingerprint density at radius 3 is 3.04 bits per heavy atom. The maximum Gasteiger partial charge on any atom is 0.249 e. The van der Waals surface area contributed by atoms with Crippen LogP contribution in [0.1, 0.15) is 31.5 Å². The van der Waals surface area contributed by atoms with E-state index in [4.69, 9.17) is 9.72 Å². The molecular weight excluding hydrogens is 292 g/mol. The van der Waals surface area contributed by atoms with E-state index in [0.29, 0.717) is 0 Å². The molecule has 0 unspecified atom stereocenters. The number of aromatic nitrogens is 3. The number of pyridine rings is 1. The van der Waals surface area contributed by atoms with Gasteiger partial charge in [-0.25, -0.2) is 4.98 Å². The third-order valence-electron chi connectivity index (χ3n) is 4.23. The van der Waals surface area contributed by atoms with Crippen molar-refractivity contribution < 1.29 is 9.53 Å². The van der Waals surface area contributed by atoms with Gasteiger partial charge in [-0.1, -0.05) is 6.07 Å². The highest BCUT2D eigenvalue weighted by molar-refractivity contribution is 5.78. The van der Waals surface area contributed by atoms with E-state index in [1.165, 1.54) is 0 Å². The summed E-state index contributed by atoms with van der Waals surface area (Å²) in [7, 11) is 1.55. The van der Waals surface area contributed by atoms with Gasteiger partial charge in [0.2, 0.25) is 5.91 Å². The first kappa shape index (κ1) is 15.7. The summed E-state index contributed by atoms with van der Waals surface area (Å²) in [6.07, 6.45) is 3.73. The van der Waals surface area contributed by atoms with Crippen LogP contribution in [0.4, 0.5) is 0 Å². The van der Waals surface area contributed by atoms with Crippen molar-refractivity contribution in [3.63, 3.8) is 0 Å². The van der Waals surface area contributed by atoms with Crippen molar-refractivity contribution in [2.45, 2.75) is 32.4 Å². The molecule has 1 saturated heterocycles. The molecule has 0 spiro atoms. The molecule has 0 bridgehead atoms. The molecule has 0 aromatic carbocycles. The van der Waals surface area contributed by atoms with Gasteiger partial charge in [0.15, 0.2) is 0 Å². The van der Waals surface area contributed by atoms with Crippen LogP contribution in [0.25, 0.3) is 11.4 Å². The molecule has 23 heavy (non-hydrogen) atoms. The minimum Gasteiger partial charge on any atom is -0.375 e. The molecule has 0 saturated carbocycles. The molecule has 1 atom stereocenters. The molecule has 0 aliphatic carbocycles. The lowest BCUT2D eigenvalue weighted by Gasteiger charge is -2.24. The van der Waals surface area contributed by atoms with Crippen LogP contribution in [0.3, 0.4) is 0 Å². The average Bonchev–Trinajstić information content (AvgIpc) is 3.24. The number of carbonyl (C=O) groups is 1. The van der Waals surface area contributed by atoms with E-state index in [2.05, 4.69) is 12.0 Å². The van der Waals surface area contributed by atoms with Crippen LogP contribution >= 0.6 is 0 Å². The average molecular weight is 314 g/mol. The van der Waals surface area contributed by atoms with Crippen molar-refractivity contribution >= 4 is 5.91 Å². The Labute approximate surface area is 136 Å². The van der Waals surface area contributed by atoms with Crippen molar-refractivity contribution in [1.82, 2.24) is 19.7 Å². The summed E-state index contributed by atoms with van der Waals surface area (Å²) < 4.78 is 6.92. The summed E-state index contributed by atoms with van der Waals surface area (Å²) in [6, 6.07) is 8.00. The molecule has 3 heterocycles. The fraction of sp³-hybridized carbons (Fsp3) is 0.471. The van der Waals surface area contributed by atoms with Crippen LogP contribution in [0.15, 0.2) is 30.5 Å². The number of likely N-dealkylation sites (tertiary alicyclic amines) is 1. The minimum atomic E-state index is 0.0285. The van der Waals surface area contributed by atoms with Gasteiger partial charge < -0.3 is 9.64 Å². The Kier molecular flexibility index (Phi) is 4.71. The molecule has 6 heteroatoms. The van der Waals surface area contributed by atoms with Crippen molar-refractivity contribution in [3.8, 4) is 11.4 Å². The van der Waals surface area contributed by atoms with Gasteiger partial charge in [-0.3, -0.25) is 9.48 Å². The van der Waals surface area contributed by atoms with E-state index in [9.17, 15) is 4.79 Å². The van der Waals surface area contributed by atoms with E-state index in [0.717, 1.165) is 43.0 Å². The molecule has 2 aromatic rings. The molecule has 0 N–H and O–H groups in total. The smallest absolute Gasteiger partial charge is 0.249 e. The first-order valence-corrected chi connectivity index (χ1v) is 8.02. The normalized spacial score (nSPS) is 17.7. The predicted octanol–water partition coefficient (Wildman–Crippen LogP) is 2.27. The number of nitrogens with zero attached hydrogens (tertiary/aromatic N) is 4. The number of hydrogen-bond acceptors (Lipinski definition) is 4. The number of amides is 1. The van der Waals surface area contributed by atoms with Crippen molar-refractivity contribution in [2.75, 3.05) is 20.3 Å². The second-order valence-electron chi connectivity index (χ2n) is 5.66. The maximum absolute atomic E-state index is 12.2. The molecule has 122 valence electrons. The molecule has 6 nitrogen and oxygen atoms in total. The van der Waals surface area contributed by atoms with Gasteiger partial charge in [0, 0.05) is 26.4 Å². The van der Waals surface area contributed by atoms with Gasteiger partial charge in [0.05, 0.1) is 23.1 Å². The van der Waals surface area contributed by atoms with Gasteiger partial charge >= 0.3 is 0 Å². The number of methoxy groups -OCH3 is 1. The summed E-state index contributed by atoms with van der Waals surface area (Å²) in [5.74, 6) is 0.0285. The third kappa shape index (κ3) is 3.12. The highest BCUT2D eigenvalue weighted by atomic mass is 16.5. The largest absolute Gasteiger partial charge is 0.375 e.